The molecule has 182 valence electrons. The van der Waals surface area contributed by atoms with Crippen molar-refractivity contribution in [3.63, 3.8) is 0 Å². The topological polar surface area (TPSA) is 77.1 Å². The number of carbonyl (C=O) groups excluding carboxylic acids is 1. The van der Waals surface area contributed by atoms with E-state index in [2.05, 4.69) is 5.10 Å². The average Bonchev–Trinajstić information content (AvgIpc) is 3.39. The highest BCUT2D eigenvalue weighted by molar-refractivity contribution is 7.19. The van der Waals surface area contributed by atoms with Crippen LogP contribution in [0.1, 0.15) is 23.5 Å². The Labute approximate surface area is 206 Å². The van der Waals surface area contributed by atoms with Gasteiger partial charge in [-0.05, 0) is 29.8 Å². The minimum atomic E-state index is -1.14. The van der Waals surface area contributed by atoms with E-state index in [9.17, 15) is 27.9 Å². The van der Waals surface area contributed by atoms with E-state index in [1.165, 1.54) is 46.2 Å². The van der Waals surface area contributed by atoms with Gasteiger partial charge in [-0.2, -0.15) is 0 Å². The SMILES string of the molecule is O=C(CC(CO)c1cccc(F)c1F)Cn1nc(-c2ccc(Cl)s2)n(Cc2ccccc2F)c1=O. The lowest BCUT2D eigenvalue weighted by molar-refractivity contribution is -0.120. The highest BCUT2D eigenvalue weighted by Gasteiger charge is 2.23. The maximum Gasteiger partial charge on any atom is 0.346 e. The molecule has 2 aromatic heterocycles. The molecule has 1 unspecified atom stereocenters. The molecule has 0 spiro atoms. The van der Waals surface area contributed by atoms with Crippen LogP contribution < -0.4 is 5.69 Å². The summed E-state index contributed by atoms with van der Waals surface area (Å²) in [6.45, 7) is -1.19. The number of carbonyl (C=O) groups is 1. The minimum absolute atomic E-state index is 0.127. The van der Waals surface area contributed by atoms with E-state index >= 15 is 0 Å². The van der Waals surface area contributed by atoms with Crippen molar-refractivity contribution in [3.8, 4) is 10.7 Å². The average molecular weight is 522 g/mol. The summed E-state index contributed by atoms with van der Waals surface area (Å²) in [6.07, 6.45) is -0.344. The molecule has 0 saturated carbocycles. The maximum atomic E-state index is 14.3. The van der Waals surface area contributed by atoms with Crippen molar-refractivity contribution in [2.45, 2.75) is 25.4 Å². The fourth-order valence-electron chi connectivity index (χ4n) is 3.72. The molecule has 0 saturated heterocycles. The second kappa shape index (κ2) is 10.6. The molecule has 0 bridgehead atoms. The first-order chi connectivity index (χ1) is 16.8. The lowest BCUT2D eigenvalue weighted by Gasteiger charge is -2.14. The number of Topliss-reactive ketones (excluding diaryl/α,β-unsaturated/α-hetero) is 1. The van der Waals surface area contributed by atoms with Crippen LogP contribution in [0.4, 0.5) is 13.2 Å². The Balaban J connectivity index is 1.64. The molecule has 35 heavy (non-hydrogen) atoms. The molecule has 4 rings (SSSR count). The number of aliphatic hydroxyl groups excluding tert-OH is 1. The predicted octanol–water partition coefficient (Wildman–Crippen LogP) is 4.63. The Bertz CT molecular complexity index is 1430. The fourth-order valence-corrected chi connectivity index (χ4v) is 4.75. The number of nitrogens with zero attached hydrogens (tertiary/aromatic N) is 3. The van der Waals surface area contributed by atoms with Crippen LogP contribution in [0.3, 0.4) is 0 Å². The van der Waals surface area contributed by atoms with Crippen LogP contribution >= 0.6 is 22.9 Å². The first kappa shape index (κ1) is 24.9. The first-order valence-corrected chi connectivity index (χ1v) is 11.7. The molecular weight excluding hydrogens is 503 g/mol. The van der Waals surface area contributed by atoms with Gasteiger partial charge >= 0.3 is 5.69 Å². The Kier molecular flexibility index (Phi) is 7.54. The summed E-state index contributed by atoms with van der Waals surface area (Å²) in [5.74, 6) is -4.04. The zero-order valence-corrected chi connectivity index (χ0v) is 19.7. The molecule has 11 heteroatoms. The van der Waals surface area contributed by atoms with Crippen molar-refractivity contribution in [3.05, 3.63) is 98.0 Å². The smallest absolute Gasteiger partial charge is 0.346 e. The molecule has 2 heterocycles. The summed E-state index contributed by atoms with van der Waals surface area (Å²) in [4.78, 5) is 26.5. The van der Waals surface area contributed by atoms with Crippen molar-refractivity contribution < 1.29 is 23.1 Å². The van der Waals surface area contributed by atoms with Crippen molar-refractivity contribution in [1.82, 2.24) is 14.3 Å². The van der Waals surface area contributed by atoms with E-state index in [-0.39, 0.29) is 29.9 Å². The Morgan fingerprint density at radius 3 is 2.49 bits per heavy atom. The summed E-state index contributed by atoms with van der Waals surface area (Å²) in [7, 11) is 0. The van der Waals surface area contributed by atoms with Gasteiger partial charge in [0.15, 0.2) is 23.2 Å². The maximum absolute atomic E-state index is 14.3. The largest absolute Gasteiger partial charge is 0.396 e. The molecule has 0 amide bonds. The van der Waals surface area contributed by atoms with Gasteiger partial charge in [-0.25, -0.2) is 22.6 Å². The Morgan fingerprint density at radius 2 is 1.80 bits per heavy atom. The number of aliphatic hydroxyl groups is 1. The van der Waals surface area contributed by atoms with Gasteiger partial charge in [0.2, 0.25) is 0 Å². The third kappa shape index (κ3) is 5.39. The Hall–Kier alpha value is -3.21. The third-order valence-electron chi connectivity index (χ3n) is 5.44. The van der Waals surface area contributed by atoms with Gasteiger partial charge in [-0.1, -0.05) is 41.9 Å². The number of thiophene rings is 1. The van der Waals surface area contributed by atoms with E-state index in [4.69, 9.17) is 11.6 Å². The van der Waals surface area contributed by atoms with E-state index in [1.807, 2.05) is 0 Å². The predicted molar refractivity (Wildman–Crippen MR) is 126 cm³/mol. The van der Waals surface area contributed by atoms with E-state index < -0.39 is 48.0 Å². The Morgan fingerprint density at radius 1 is 1.06 bits per heavy atom. The normalized spacial score (nSPS) is 12.1. The highest BCUT2D eigenvalue weighted by atomic mass is 35.5. The van der Waals surface area contributed by atoms with Gasteiger partial charge < -0.3 is 5.11 Å². The summed E-state index contributed by atoms with van der Waals surface area (Å²) in [6, 6.07) is 12.8. The molecular formula is C24H19ClF3N3O3S. The molecule has 6 nitrogen and oxygen atoms in total. The monoisotopic (exact) mass is 521 g/mol. The second-order valence-corrected chi connectivity index (χ2v) is 9.53. The molecule has 2 aromatic carbocycles. The van der Waals surface area contributed by atoms with E-state index in [1.54, 1.807) is 18.2 Å². The van der Waals surface area contributed by atoms with Crippen molar-refractivity contribution in [1.29, 1.82) is 0 Å². The number of halogens is 4. The van der Waals surface area contributed by atoms with Gasteiger partial charge in [0.25, 0.3) is 0 Å². The molecule has 1 N–H and O–H groups in total. The molecule has 0 fully saturated rings. The molecule has 0 aliphatic carbocycles. The summed E-state index contributed by atoms with van der Waals surface area (Å²) in [5.41, 5.74) is -0.530. The second-order valence-electron chi connectivity index (χ2n) is 7.81. The van der Waals surface area contributed by atoms with Crippen molar-refractivity contribution >= 4 is 28.7 Å². The molecule has 1 atom stereocenters. The fraction of sp³-hybridized carbons (Fsp3) is 0.208. The molecule has 0 aliphatic heterocycles. The molecule has 0 radical (unpaired) electrons. The van der Waals surface area contributed by atoms with Crippen molar-refractivity contribution in [2.75, 3.05) is 6.61 Å². The first-order valence-electron chi connectivity index (χ1n) is 10.5. The van der Waals surface area contributed by atoms with E-state index in [0.29, 0.717) is 9.21 Å². The number of hydrogen-bond acceptors (Lipinski definition) is 5. The zero-order chi connectivity index (χ0) is 25.1. The molecule has 0 aliphatic rings. The number of benzene rings is 2. The van der Waals surface area contributed by atoms with Gasteiger partial charge in [0, 0.05) is 17.9 Å². The quantitative estimate of drug-likeness (QED) is 0.348. The summed E-state index contributed by atoms with van der Waals surface area (Å²) >= 11 is 7.20. The molecule has 4 aromatic rings. The van der Waals surface area contributed by atoms with Crippen LogP contribution in [0.5, 0.6) is 0 Å². The lowest BCUT2D eigenvalue weighted by atomic mass is 9.94. The number of aromatic nitrogens is 3. The van der Waals surface area contributed by atoms with Crippen LogP contribution in [0.15, 0.2) is 59.4 Å². The zero-order valence-electron chi connectivity index (χ0n) is 18.1. The number of hydrogen-bond donors (Lipinski definition) is 1. The summed E-state index contributed by atoms with van der Waals surface area (Å²) < 4.78 is 44.7. The number of ketones is 1. The van der Waals surface area contributed by atoms with Crippen LogP contribution in [0.25, 0.3) is 10.7 Å². The number of rotatable bonds is 9. The summed E-state index contributed by atoms with van der Waals surface area (Å²) in [5, 5.41) is 14.0. The van der Waals surface area contributed by atoms with Gasteiger partial charge in [0.1, 0.15) is 12.4 Å². The van der Waals surface area contributed by atoms with Gasteiger partial charge in [0.05, 0.1) is 22.4 Å². The highest BCUT2D eigenvalue weighted by Crippen LogP contribution is 2.30. The van der Waals surface area contributed by atoms with Gasteiger partial charge in [-0.3, -0.25) is 9.36 Å². The third-order valence-corrected chi connectivity index (χ3v) is 6.67. The van der Waals surface area contributed by atoms with Crippen LogP contribution in [-0.4, -0.2) is 31.8 Å². The standard InChI is InChI=1S/C24H19ClF3N3O3S/c25-21-9-8-20(35-21)23-29-31(24(34)30(23)11-14-4-1-2-6-18(14)26)12-16(33)10-15(13-32)17-5-3-7-19(27)22(17)28/h1-9,15,32H,10-13H2. The van der Waals surface area contributed by atoms with Gasteiger partial charge in [-0.15, -0.1) is 16.4 Å². The van der Waals surface area contributed by atoms with Crippen molar-refractivity contribution in [2.24, 2.45) is 0 Å². The van der Waals surface area contributed by atoms with E-state index in [0.717, 1.165) is 10.7 Å². The lowest BCUT2D eigenvalue weighted by Crippen LogP contribution is -2.29. The van der Waals surface area contributed by atoms with Crippen LogP contribution in [0.2, 0.25) is 4.34 Å². The minimum Gasteiger partial charge on any atom is -0.396 e. The van der Waals surface area contributed by atoms with Crippen LogP contribution in [0, 0.1) is 17.5 Å². The van der Waals surface area contributed by atoms with Crippen LogP contribution in [-0.2, 0) is 17.9 Å².